The third kappa shape index (κ3) is 6.65. The van der Waals surface area contributed by atoms with Crippen LogP contribution in [0.1, 0.15) is 25.7 Å². The number of hydrogen-bond donors (Lipinski definition) is 2. The summed E-state index contributed by atoms with van der Waals surface area (Å²) in [6, 6.07) is 12.2. The molecule has 2 aliphatic heterocycles. The molecular weight excluding hydrogens is 596 g/mol. The highest BCUT2D eigenvalue weighted by Gasteiger charge is 2.57. The third-order valence-corrected chi connectivity index (χ3v) is 9.09. The number of halogens is 2. The highest BCUT2D eigenvalue weighted by Crippen LogP contribution is 2.49. The highest BCUT2D eigenvalue weighted by molar-refractivity contribution is 6.16. The molecular formula is C33H37F2N7O4. The number of nitrogens with one attached hydrogen (secondary N) is 1. The standard InChI is InChI=1S/C33H37F2N7O4/c1-39-16-18-40(19-17-39)23-9-14-41(15-10-23)32(45)38-29-21-26(8-13-37-29)46-28-7-6-25(20-27(28)35)42(24-4-2-22(34)3-5-24)31(44)33(11-12-33)30(36)43/h2-8,13,20-21,23H,9-12,14-19H2,1H3,(H2,36,43)(H,37,38,45). The summed E-state index contributed by atoms with van der Waals surface area (Å²) in [5, 5.41) is 2.81. The number of piperazine rings is 1. The number of amides is 4. The van der Waals surface area contributed by atoms with Crippen molar-refractivity contribution in [3.8, 4) is 11.5 Å². The van der Waals surface area contributed by atoms with Crippen LogP contribution in [-0.4, -0.2) is 89.9 Å². The van der Waals surface area contributed by atoms with Crippen molar-refractivity contribution in [2.24, 2.45) is 11.1 Å². The maximum Gasteiger partial charge on any atom is 0.323 e. The first-order valence-corrected chi connectivity index (χ1v) is 15.4. The summed E-state index contributed by atoms with van der Waals surface area (Å²) in [4.78, 5) is 50.6. The van der Waals surface area contributed by atoms with Crippen LogP contribution in [0.3, 0.4) is 0 Å². The summed E-state index contributed by atoms with van der Waals surface area (Å²) in [5.41, 5.74) is 4.52. The van der Waals surface area contributed by atoms with Gasteiger partial charge >= 0.3 is 6.03 Å². The molecule has 0 unspecified atom stereocenters. The van der Waals surface area contributed by atoms with Crippen molar-refractivity contribution in [1.29, 1.82) is 0 Å². The van der Waals surface area contributed by atoms with Gasteiger partial charge in [0, 0.05) is 69.3 Å². The van der Waals surface area contributed by atoms with E-state index in [0.29, 0.717) is 19.1 Å². The largest absolute Gasteiger partial charge is 0.454 e. The molecule has 1 saturated carbocycles. The van der Waals surface area contributed by atoms with Gasteiger partial charge in [-0.2, -0.15) is 0 Å². The van der Waals surface area contributed by atoms with Crippen molar-refractivity contribution in [2.75, 3.05) is 56.5 Å². The fraction of sp³-hybridized carbons (Fsp3) is 0.394. The van der Waals surface area contributed by atoms with Crippen molar-refractivity contribution in [2.45, 2.75) is 31.7 Å². The summed E-state index contributed by atoms with van der Waals surface area (Å²) < 4.78 is 34.9. The van der Waals surface area contributed by atoms with Crippen molar-refractivity contribution in [1.82, 2.24) is 19.7 Å². The Hall–Kier alpha value is -4.62. The molecule has 6 rings (SSSR count). The first kappa shape index (κ1) is 31.4. The van der Waals surface area contributed by atoms with E-state index in [1.54, 1.807) is 4.90 Å². The molecule has 11 nitrogen and oxygen atoms in total. The zero-order chi connectivity index (χ0) is 32.4. The summed E-state index contributed by atoms with van der Waals surface area (Å²) in [6.45, 7) is 5.51. The Kier molecular flexibility index (Phi) is 8.87. The number of primary amides is 1. The normalized spacial score (nSPS) is 18.5. The van der Waals surface area contributed by atoms with E-state index in [2.05, 4.69) is 27.1 Å². The zero-order valence-electron chi connectivity index (χ0n) is 25.6. The van der Waals surface area contributed by atoms with E-state index in [1.165, 1.54) is 54.7 Å². The van der Waals surface area contributed by atoms with Crippen LogP contribution in [0.5, 0.6) is 11.5 Å². The molecule has 46 heavy (non-hydrogen) atoms. The maximum atomic E-state index is 15.4. The van der Waals surface area contributed by atoms with Gasteiger partial charge in [-0.25, -0.2) is 18.6 Å². The first-order valence-electron chi connectivity index (χ1n) is 15.4. The number of urea groups is 1. The smallest absolute Gasteiger partial charge is 0.323 e. The number of benzene rings is 2. The van der Waals surface area contributed by atoms with E-state index in [9.17, 15) is 18.8 Å². The second-order valence-corrected chi connectivity index (χ2v) is 12.1. The van der Waals surface area contributed by atoms with Crippen LogP contribution >= 0.6 is 0 Å². The van der Waals surface area contributed by atoms with E-state index in [4.69, 9.17) is 10.5 Å². The van der Waals surface area contributed by atoms with Crippen LogP contribution in [0.4, 0.5) is 30.8 Å². The molecule has 3 aromatic rings. The number of likely N-dealkylation sites (tertiary alicyclic amines) is 1. The molecule has 2 aromatic carbocycles. The van der Waals surface area contributed by atoms with Crippen molar-refractivity contribution in [3.05, 3.63) is 72.4 Å². The van der Waals surface area contributed by atoms with Crippen molar-refractivity contribution >= 4 is 35.0 Å². The van der Waals surface area contributed by atoms with E-state index >= 15 is 4.39 Å². The molecule has 3 aliphatic rings. The van der Waals surface area contributed by atoms with E-state index < -0.39 is 28.9 Å². The lowest BCUT2D eigenvalue weighted by molar-refractivity contribution is -0.133. The Morgan fingerprint density at radius 3 is 2.24 bits per heavy atom. The summed E-state index contributed by atoms with van der Waals surface area (Å²) in [6.07, 6.45) is 3.83. The lowest BCUT2D eigenvalue weighted by Crippen LogP contribution is -2.53. The molecule has 1 aromatic heterocycles. The first-order chi connectivity index (χ1) is 22.1. The average Bonchev–Trinajstić information content (AvgIpc) is 3.87. The average molecular weight is 634 g/mol. The molecule has 13 heteroatoms. The van der Waals surface area contributed by atoms with Gasteiger partial charge in [0.2, 0.25) is 11.8 Å². The Labute approximate surface area is 265 Å². The summed E-state index contributed by atoms with van der Waals surface area (Å²) in [7, 11) is 2.14. The van der Waals surface area contributed by atoms with Gasteiger partial charge in [-0.15, -0.1) is 0 Å². The molecule has 242 valence electrons. The van der Waals surface area contributed by atoms with Gasteiger partial charge in [0.05, 0.1) is 5.69 Å². The molecule has 0 spiro atoms. The fourth-order valence-corrected chi connectivity index (χ4v) is 6.07. The molecule has 2 saturated heterocycles. The number of carbonyl (C=O) groups is 3. The number of pyridine rings is 1. The van der Waals surface area contributed by atoms with Crippen LogP contribution in [0.15, 0.2) is 60.8 Å². The number of likely N-dealkylation sites (N-methyl/N-ethyl adjacent to an activating group) is 1. The Balaban J connectivity index is 1.11. The SMILES string of the molecule is CN1CCN(C2CCN(C(=O)Nc3cc(Oc4ccc(N(C(=O)C5(C(N)=O)CC5)c5ccc(F)cc5)cc4F)ccn3)CC2)CC1. The van der Waals surface area contributed by atoms with Crippen LogP contribution in [0.2, 0.25) is 0 Å². The van der Waals surface area contributed by atoms with Gasteiger partial charge in [0.25, 0.3) is 0 Å². The molecule has 0 atom stereocenters. The van der Waals surface area contributed by atoms with E-state index in [0.717, 1.165) is 50.0 Å². The van der Waals surface area contributed by atoms with Crippen molar-refractivity contribution in [3.63, 3.8) is 0 Å². The van der Waals surface area contributed by atoms with Crippen LogP contribution in [-0.2, 0) is 9.59 Å². The molecule has 0 radical (unpaired) electrons. The number of ether oxygens (including phenoxy) is 1. The predicted molar refractivity (Wildman–Crippen MR) is 168 cm³/mol. The monoisotopic (exact) mass is 633 g/mol. The topological polar surface area (TPSA) is 124 Å². The summed E-state index contributed by atoms with van der Waals surface area (Å²) >= 11 is 0. The minimum atomic E-state index is -1.39. The van der Waals surface area contributed by atoms with Gasteiger partial charge in [0.15, 0.2) is 11.6 Å². The molecule has 4 amide bonds. The fourth-order valence-electron chi connectivity index (χ4n) is 6.07. The minimum absolute atomic E-state index is 0.119. The van der Waals surface area contributed by atoms with Gasteiger partial charge in [-0.05, 0) is 75.2 Å². The number of carbonyl (C=O) groups excluding carboxylic acids is 3. The number of rotatable bonds is 8. The predicted octanol–water partition coefficient (Wildman–Crippen LogP) is 4.33. The highest BCUT2D eigenvalue weighted by atomic mass is 19.1. The number of nitrogens with two attached hydrogens (primary N) is 1. The Morgan fingerprint density at radius 1 is 0.935 bits per heavy atom. The molecule has 1 aliphatic carbocycles. The number of aromatic nitrogens is 1. The number of anilines is 3. The summed E-state index contributed by atoms with van der Waals surface area (Å²) in [5.74, 6) is -2.31. The third-order valence-electron chi connectivity index (χ3n) is 9.09. The van der Waals surface area contributed by atoms with Gasteiger partial charge in [0.1, 0.15) is 22.8 Å². The zero-order valence-corrected chi connectivity index (χ0v) is 25.6. The lowest BCUT2D eigenvalue weighted by atomic mass is 10.0. The number of nitrogens with zero attached hydrogens (tertiary/aromatic N) is 5. The molecule has 3 N–H and O–H groups in total. The molecule has 3 heterocycles. The van der Waals surface area contributed by atoms with Gasteiger partial charge < -0.3 is 20.3 Å². The quantitative estimate of drug-likeness (QED) is 0.354. The maximum absolute atomic E-state index is 15.4. The molecule has 0 bridgehead atoms. The Morgan fingerprint density at radius 2 is 1.61 bits per heavy atom. The number of piperidine rings is 1. The second-order valence-electron chi connectivity index (χ2n) is 12.1. The van der Waals surface area contributed by atoms with Crippen LogP contribution in [0.25, 0.3) is 0 Å². The van der Waals surface area contributed by atoms with Gasteiger partial charge in [-0.1, -0.05) is 0 Å². The number of hydrogen-bond acceptors (Lipinski definition) is 7. The van der Waals surface area contributed by atoms with E-state index in [-0.39, 0.29) is 47.6 Å². The van der Waals surface area contributed by atoms with Crippen LogP contribution < -0.4 is 20.7 Å². The lowest BCUT2D eigenvalue weighted by Gasteiger charge is -2.42. The van der Waals surface area contributed by atoms with E-state index in [1.807, 2.05) is 0 Å². The Bertz CT molecular complexity index is 1600. The minimum Gasteiger partial charge on any atom is -0.454 e. The van der Waals surface area contributed by atoms with Crippen LogP contribution in [0, 0.1) is 17.0 Å². The second kappa shape index (κ2) is 13.0. The van der Waals surface area contributed by atoms with Gasteiger partial charge in [-0.3, -0.25) is 24.7 Å². The van der Waals surface area contributed by atoms with Crippen molar-refractivity contribution < 1.29 is 27.9 Å². The molecule has 3 fully saturated rings.